The molecule has 1 N–H and O–H groups in total. The molecule has 0 spiro atoms. The Morgan fingerprint density at radius 3 is 2.81 bits per heavy atom. The third-order valence-corrected chi connectivity index (χ3v) is 3.63. The van der Waals surface area contributed by atoms with E-state index in [4.69, 9.17) is 4.74 Å². The van der Waals surface area contributed by atoms with E-state index in [9.17, 15) is 9.59 Å². The summed E-state index contributed by atoms with van der Waals surface area (Å²) in [6.07, 6.45) is 5.18. The molecule has 2 rings (SSSR count). The van der Waals surface area contributed by atoms with Crippen molar-refractivity contribution in [2.45, 2.75) is 25.3 Å². The van der Waals surface area contributed by atoms with Crippen LogP contribution >= 0.6 is 0 Å². The number of likely N-dealkylation sites (tertiary alicyclic amines) is 1. The van der Waals surface area contributed by atoms with E-state index >= 15 is 0 Å². The lowest BCUT2D eigenvalue weighted by molar-refractivity contribution is -0.133. The summed E-state index contributed by atoms with van der Waals surface area (Å²) in [5.74, 6) is 0.0149. The highest BCUT2D eigenvalue weighted by molar-refractivity contribution is 5.94. The zero-order valence-corrected chi connectivity index (χ0v) is 12.2. The van der Waals surface area contributed by atoms with Crippen LogP contribution in [0.4, 0.5) is 0 Å². The first-order valence-electron chi connectivity index (χ1n) is 7.18. The smallest absolute Gasteiger partial charge is 0.253 e. The summed E-state index contributed by atoms with van der Waals surface area (Å²) >= 11 is 0. The summed E-state index contributed by atoms with van der Waals surface area (Å²) in [6.45, 7) is 1.82. The molecule has 1 aromatic heterocycles. The summed E-state index contributed by atoms with van der Waals surface area (Å²) in [5.41, 5.74) is 0.566. The Kier molecular flexibility index (Phi) is 5.68. The Labute approximate surface area is 124 Å². The lowest BCUT2D eigenvalue weighted by Gasteiger charge is -2.32. The Morgan fingerprint density at radius 1 is 1.43 bits per heavy atom. The van der Waals surface area contributed by atoms with Crippen LogP contribution in [0.15, 0.2) is 24.5 Å². The molecule has 1 aliphatic rings. The maximum absolute atomic E-state index is 12.0. The normalized spacial score (nSPS) is 15.8. The molecule has 6 nitrogen and oxygen atoms in total. The minimum Gasteiger partial charge on any atom is -0.384 e. The van der Waals surface area contributed by atoms with Gasteiger partial charge in [0, 0.05) is 38.6 Å². The van der Waals surface area contributed by atoms with Gasteiger partial charge in [0.15, 0.2) is 0 Å². The maximum atomic E-state index is 12.0. The Hall–Kier alpha value is -1.95. The molecule has 1 saturated heterocycles. The topological polar surface area (TPSA) is 71.5 Å². The molecule has 0 aromatic carbocycles. The molecule has 0 aliphatic carbocycles. The van der Waals surface area contributed by atoms with Gasteiger partial charge in [-0.2, -0.15) is 0 Å². The zero-order valence-electron chi connectivity index (χ0n) is 12.2. The summed E-state index contributed by atoms with van der Waals surface area (Å²) in [4.78, 5) is 29.7. The largest absolute Gasteiger partial charge is 0.384 e. The Balaban J connectivity index is 1.77. The molecule has 0 radical (unpaired) electrons. The fraction of sp³-hybridized carbons (Fsp3) is 0.533. The standard InChI is InChI=1S/C15H21N3O3/c1-21-10-6-14(19)18-8-4-13(5-9-18)17-15(20)12-3-2-7-16-11-12/h2-3,7,11,13H,4-6,8-10H2,1H3,(H,17,20). The number of carbonyl (C=O) groups is 2. The fourth-order valence-corrected chi connectivity index (χ4v) is 2.39. The molecule has 21 heavy (non-hydrogen) atoms. The van der Waals surface area contributed by atoms with E-state index < -0.39 is 0 Å². The van der Waals surface area contributed by atoms with Crippen molar-refractivity contribution in [1.29, 1.82) is 0 Å². The fourth-order valence-electron chi connectivity index (χ4n) is 2.39. The first kappa shape index (κ1) is 15.4. The van der Waals surface area contributed by atoms with Gasteiger partial charge in [0.25, 0.3) is 5.91 Å². The third-order valence-electron chi connectivity index (χ3n) is 3.63. The minimum absolute atomic E-state index is 0.104. The lowest BCUT2D eigenvalue weighted by Crippen LogP contribution is -2.46. The first-order valence-corrected chi connectivity index (χ1v) is 7.18. The van der Waals surface area contributed by atoms with Crippen molar-refractivity contribution < 1.29 is 14.3 Å². The van der Waals surface area contributed by atoms with Crippen LogP contribution in [0.1, 0.15) is 29.6 Å². The van der Waals surface area contributed by atoms with E-state index in [1.165, 1.54) is 0 Å². The van der Waals surface area contributed by atoms with Crippen LogP contribution in [0.2, 0.25) is 0 Å². The second-order valence-electron chi connectivity index (χ2n) is 5.11. The Morgan fingerprint density at radius 2 is 2.19 bits per heavy atom. The highest BCUT2D eigenvalue weighted by Gasteiger charge is 2.23. The van der Waals surface area contributed by atoms with Gasteiger partial charge in [-0.05, 0) is 25.0 Å². The number of rotatable bonds is 5. The highest BCUT2D eigenvalue weighted by atomic mass is 16.5. The molecule has 1 fully saturated rings. The van der Waals surface area contributed by atoms with Crippen LogP contribution < -0.4 is 5.32 Å². The number of amides is 2. The van der Waals surface area contributed by atoms with Crippen molar-refractivity contribution in [3.8, 4) is 0 Å². The molecular formula is C15H21N3O3. The van der Waals surface area contributed by atoms with E-state index in [2.05, 4.69) is 10.3 Å². The predicted molar refractivity (Wildman–Crippen MR) is 77.8 cm³/mol. The van der Waals surface area contributed by atoms with Crippen LogP contribution in [-0.4, -0.2) is 54.5 Å². The SMILES string of the molecule is COCCC(=O)N1CCC(NC(=O)c2cccnc2)CC1. The van der Waals surface area contributed by atoms with Crippen LogP contribution in [0.3, 0.4) is 0 Å². The first-order chi connectivity index (χ1) is 10.2. The molecule has 114 valence electrons. The van der Waals surface area contributed by atoms with Gasteiger partial charge in [0.2, 0.25) is 5.91 Å². The van der Waals surface area contributed by atoms with Crippen LogP contribution in [-0.2, 0) is 9.53 Å². The van der Waals surface area contributed by atoms with Crippen LogP contribution in [0.5, 0.6) is 0 Å². The maximum Gasteiger partial charge on any atom is 0.253 e. The lowest BCUT2D eigenvalue weighted by atomic mass is 10.0. The Bertz CT molecular complexity index is 470. The number of carbonyl (C=O) groups excluding carboxylic acids is 2. The second-order valence-corrected chi connectivity index (χ2v) is 5.11. The molecule has 0 unspecified atom stereocenters. The van der Waals surface area contributed by atoms with Crippen molar-refractivity contribution in [1.82, 2.24) is 15.2 Å². The quantitative estimate of drug-likeness (QED) is 0.872. The van der Waals surface area contributed by atoms with Gasteiger partial charge in [-0.3, -0.25) is 14.6 Å². The second kappa shape index (κ2) is 7.73. The van der Waals surface area contributed by atoms with Gasteiger partial charge >= 0.3 is 0 Å². The van der Waals surface area contributed by atoms with Crippen molar-refractivity contribution >= 4 is 11.8 Å². The van der Waals surface area contributed by atoms with Gasteiger partial charge in [-0.25, -0.2) is 0 Å². The zero-order chi connectivity index (χ0) is 15.1. The molecule has 2 heterocycles. The summed E-state index contributed by atoms with van der Waals surface area (Å²) in [7, 11) is 1.59. The molecule has 6 heteroatoms. The number of hydrogen-bond donors (Lipinski definition) is 1. The highest BCUT2D eigenvalue weighted by Crippen LogP contribution is 2.12. The van der Waals surface area contributed by atoms with Gasteiger partial charge in [-0.15, -0.1) is 0 Å². The van der Waals surface area contributed by atoms with E-state index in [1.54, 1.807) is 31.6 Å². The molecule has 2 amide bonds. The van der Waals surface area contributed by atoms with Crippen LogP contribution in [0.25, 0.3) is 0 Å². The molecule has 0 atom stereocenters. The van der Waals surface area contributed by atoms with E-state index in [1.807, 2.05) is 4.90 Å². The number of pyridine rings is 1. The van der Waals surface area contributed by atoms with Crippen molar-refractivity contribution in [2.24, 2.45) is 0 Å². The number of nitrogens with one attached hydrogen (secondary N) is 1. The van der Waals surface area contributed by atoms with Gasteiger partial charge in [-0.1, -0.05) is 0 Å². The average molecular weight is 291 g/mol. The number of piperidine rings is 1. The molecule has 0 saturated carbocycles. The van der Waals surface area contributed by atoms with Gasteiger partial charge < -0.3 is 15.0 Å². The number of nitrogens with zero attached hydrogens (tertiary/aromatic N) is 2. The van der Waals surface area contributed by atoms with Gasteiger partial charge in [0.05, 0.1) is 18.6 Å². The van der Waals surface area contributed by atoms with Crippen molar-refractivity contribution in [3.63, 3.8) is 0 Å². The summed E-state index contributed by atoms with van der Waals surface area (Å²) in [6, 6.07) is 3.60. The average Bonchev–Trinajstić information content (AvgIpc) is 2.54. The van der Waals surface area contributed by atoms with E-state index in [0.717, 1.165) is 12.8 Å². The van der Waals surface area contributed by atoms with E-state index in [0.29, 0.717) is 31.7 Å². The number of ether oxygens (including phenoxy) is 1. The number of hydrogen-bond acceptors (Lipinski definition) is 4. The van der Waals surface area contributed by atoms with Gasteiger partial charge in [0.1, 0.15) is 0 Å². The molecular weight excluding hydrogens is 270 g/mol. The number of methoxy groups -OCH3 is 1. The van der Waals surface area contributed by atoms with Crippen molar-refractivity contribution in [2.75, 3.05) is 26.8 Å². The minimum atomic E-state index is -0.104. The molecule has 0 bridgehead atoms. The number of aromatic nitrogens is 1. The monoisotopic (exact) mass is 291 g/mol. The predicted octanol–water partition coefficient (Wildman–Crippen LogP) is 0.839. The summed E-state index contributed by atoms with van der Waals surface area (Å²) in [5, 5.41) is 3.00. The van der Waals surface area contributed by atoms with Crippen LogP contribution in [0, 0.1) is 0 Å². The van der Waals surface area contributed by atoms with E-state index in [-0.39, 0.29) is 17.9 Å². The molecule has 1 aliphatic heterocycles. The molecule has 1 aromatic rings. The van der Waals surface area contributed by atoms with Crippen molar-refractivity contribution in [3.05, 3.63) is 30.1 Å². The summed E-state index contributed by atoms with van der Waals surface area (Å²) < 4.78 is 4.92. The third kappa shape index (κ3) is 4.53.